The molecule has 4 rings (SSSR count). The summed E-state index contributed by atoms with van der Waals surface area (Å²) in [6, 6.07) is 12.8. The number of furan rings is 1. The lowest BCUT2D eigenvalue weighted by molar-refractivity contribution is -0.154. The maximum absolute atomic E-state index is 13.0. The summed E-state index contributed by atoms with van der Waals surface area (Å²) in [6.07, 6.45) is 2.05. The van der Waals surface area contributed by atoms with Crippen LogP contribution in [0.1, 0.15) is 45.6 Å². The number of benzene rings is 2. The van der Waals surface area contributed by atoms with Crippen LogP contribution in [0, 0.1) is 0 Å². The fourth-order valence-corrected chi connectivity index (χ4v) is 4.65. The van der Waals surface area contributed by atoms with E-state index in [4.69, 9.17) is 9.15 Å². The molecule has 1 N–H and O–H groups in total. The highest BCUT2D eigenvalue weighted by atomic mass is 79.9. The van der Waals surface area contributed by atoms with E-state index >= 15 is 0 Å². The molecule has 0 fully saturated rings. The van der Waals surface area contributed by atoms with Gasteiger partial charge in [0.2, 0.25) is 5.91 Å². The molecule has 10 heteroatoms. The SMILES string of the molecule is CCCCC(=O)N(Cc1ccc2oc(-c3ccccc3-c3nnn[nH]3)c(Br)c2c1)[C@@H](C)C(=O)OCC. The van der Waals surface area contributed by atoms with Crippen molar-refractivity contribution in [1.82, 2.24) is 25.5 Å². The number of aromatic nitrogens is 4. The second-order valence-corrected chi connectivity index (χ2v) is 9.22. The summed E-state index contributed by atoms with van der Waals surface area (Å²) < 4.78 is 12.2. The molecule has 2 aromatic carbocycles. The summed E-state index contributed by atoms with van der Waals surface area (Å²) in [5.74, 6) is 0.700. The fraction of sp³-hybridized carbons (Fsp3) is 0.346. The number of tetrazole rings is 1. The largest absolute Gasteiger partial charge is 0.464 e. The van der Waals surface area contributed by atoms with Crippen molar-refractivity contribution in [3.8, 4) is 22.7 Å². The number of halogens is 1. The zero-order chi connectivity index (χ0) is 25.7. The Hall–Kier alpha value is -3.53. The van der Waals surface area contributed by atoms with Gasteiger partial charge < -0.3 is 14.1 Å². The van der Waals surface area contributed by atoms with E-state index in [1.54, 1.807) is 18.7 Å². The molecule has 0 bridgehead atoms. The van der Waals surface area contributed by atoms with E-state index in [0.717, 1.165) is 39.4 Å². The molecule has 1 atom stereocenters. The molecule has 0 saturated carbocycles. The van der Waals surface area contributed by atoms with E-state index in [0.29, 0.717) is 23.6 Å². The first-order valence-corrected chi connectivity index (χ1v) is 12.7. The highest BCUT2D eigenvalue weighted by molar-refractivity contribution is 9.10. The summed E-state index contributed by atoms with van der Waals surface area (Å²) >= 11 is 3.71. The first kappa shape index (κ1) is 25.6. The number of carbonyl (C=O) groups is 2. The Kier molecular flexibility index (Phi) is 8.14. The zero-order valence-corrected chi connectivity index (χ0v) is 22.0. The highest BCUT2D eigenvalue weighted by Crippen LogP contribution is 2.41. The number of unbranched alkanes of at least 4 members (excludes halogenated alkanes) is 1. The van der Waals surface area contributed by atoms with Gasteiger partial charge in [0.05, 0.1) is 11.1 Å². The third-order valence-electron chi connectivity index (χ3n) is 5.98. The van der Waals surface area contributed by atoms with Gasteiger partial charge in [0.1, 0.15) is 17.4 Å². The van der Waals surface area contributed by atoms with Gasteiger partial charge in [-0.15, -0.1) is 5.10 Å². The Balaban J connectivity index is 1.68. The molecule has 0 saturated heterocycles. The standard InChI is InChI=1S/C26H28BrN5O4/c1-4-6-11-22(33)32(16(3)26(34)35-5-2)15-17-12-13-21-20(14-17)23(27)24(36-21)18-9-7-8-10-19(18)25-28-30-31-29-25/h7-10,12-14,16H,4-6,11,15H2,1-3H3,(H,28,29,30,31)/t16-/m0/s1. The number of nitrogens with zero attached hydrogens (tertiary/aromatic N) is 4. The summed E-state index contributed by atoms with van der Waals surface area (Å²) in [4.78, 5) is 27.0. The van der Waals surface area contributed by atoms with Crippen LogP contribution < -0.4 is 0 Å². The van der Waals surface area contributed by atoms with Gasteiger partial charge in [-0.2, -0.15) is 0 Å². The number of esters is 1. The number of hydrogen-bond acceptors (Lipinski definition) is 7. The van der Waals surface area contributed by atoms with Crippen LogP contribution in [0.25, 0.3) is 33.7 Å². The molecule has 1 amide bonds. The lowest BCUT2D eigenvalue weighted by atomic mass is 10.0. The molecule has 0 spiro atoms. The van der Waals surface area contributed by atoms with Crippen LogP contribution >= 0.6 is 15.9 Å². The fourth-order valence-electron chi connectivity index (χ4n) is 4.05. The van der Waals surface area contributed by atoms with Crippen molar-refractivity contribution in [2.24, 2.45) is 0 Å². The Bertz CT molecular complexity index is 1350. The number of hydrogen-bond donors (Lipinski definition) is 1. The van der Waals surface area contributed by atoms with E-state index in [2.05, 4.69) is 36.6 Å². The second kappa shape index (κ2) is 11.5. The number of amides is 1. The lowest BCUT2D eigenvalue weighted by Crippen LogP contribution is -2.43. The molecule has 188 valence electrons. The summed E-state index contributed by atoms with van der Waals surface area (Å²) in [5.41, 5.74) is 3.20. The minimum atomic E-state index is -0.684. The van der Waals surface area contributed by atoms with Gasteiger partial charge in [-0.05, 0) is 64.3 Å². The second-order valence-electron chi connectivity index (χ2n) is 8.42. The molecule has 36 heavy (non-hydrogen) atoms. The number of fused-ring (bicyclic) bond motifs is 1. The maximum Gasteiger partial charge on any atom is 0.328 e. The Morgan fingerprint density at radius 1 is 1.17 bits per heavy atom. The van der Waals surface area contributed by atoms with Gasteiger partial charge in [-0.25, -0.2) is 9.89 Å². The molecule has 4 aromatic rings. The number of ether oxygens (including phenoxy) is 1. The molecule has 0 aliphatic heterocycles. The Morgan fingerprint density at radius 2 is 1.94 bits per heavy atom. The molecular formula is C26H28BrN5O4. The molecule has 2 heterocycles. The molecule has 0 unspecified atom stereocenters. The molecule has 0 aliphatic rings. The third kappa shape index (κ3) is 5.33. The van der Waals surface area contributed by atoms with Crippen LogP contribution in [-0.4, -0.2) is 50.0 Å². The van der Waals surface area contributed by atoms with Crippen molar-refractivity contribution in [1.29, 1.82) is 0 Å². The number of aromatic amines is 1. The maximum atomic E-state index is 13.0. The van der Waals surface area contributed by atoms with Crippen LogP contribution in [0.5, 0.6) is 0 Å². The Labute approximate surface area is 217 Å². The smallest absolute Gasteiger partial charge is 0.328 e. The first-order chi connectivity index (χ1) is 17.4. The van der Waals surface area contributed by atoms with Crippen molar-refractivity contribution in [2.45, 2.75) is 52.6 Å². The van der Waals surface area contributed by atoms with Crippen molar-refractivity contribution in [3.63, 3.8) is 0 Å². The van der Waals surface area contributed by atoms with Crippen LogP contribution in [0.15, 0.2) is 51.4 Å². The first-order valence-electron chi connectivity index (χ1n) is 11.9. The normalized spacial score (nSPS) is 12.0. The van der Waals surface area contributed by atoms with Crippen LogP contribution in [0.2, 0.25) is 0 Å². The van der Waals surface area contributed by atoms with Crippen molar-refractivity contribution >= 4 is 38.8 Å². The topological polar surface area (TPSA) is 114 Å². The highest BCUT2D eigenvalue weighted by Gasteiger charge is 2.27. The minimum absolute atomic E-state index is 0.0703. The summed E-state index contributed by atoms with van der Waals surface area (Å²) in [6.45, 7) is 6.05. The molecule has 9 nitrogen and oxygen atoms in total. The van der Waals surface area contributed by atoms with Crippen LogP contribution in [0.3, 0.4) is 0 Å². The molecule has 0 aliphatic carbocycles. The van der Waals surface area contributed by atoms with Gasteiger partial charge in [0.15, 0.2) is 5.82 Å². The van der Waals surface area contributed by atoms with Crippen LogP contribution in [-0.2, 0) is 20.9 Å². The van der Waals surface area contributed by atoms with E-state index in [9.17, 15) is 9.59 Å². The van der Waals surface area contributed by atoms with Crippen LogP contribution in [0.4, 0.5) is 0 Å². The van der Waals surface area contributed by atoms with Gasteiger partial charge in [-0.3, -0.25) is 4.79 Å². The van der Waals surface area contributed by atoms with Crippen molar-refractivity contribution in [3.05, 3.63) is 52.5 Å². The van der Waals surface area contributed by atoms with E-state index in [1.807, 2.05) is 49.4 Å². The third-order valence-corrected chi connectivity index (χ3v) is 6.76. The van der Waals surface area contributed by atoms with E-state index < -0.39 is 12.0 Å². The average Bonchev–Trinajstić information content (AvgIpc) is 3.54. The van der Waals surface area contributed by atoms with Gasteiger partial charge in [0, 0.05) is 29.5 Å². The van der Waals surface area contributed by atoms with Gasteiger partial charge in [-0.1, -0.05) is 43.7 Å². The lowest BCUT2D eigenvalue weighted by Gasteiger charge is -2.28. The average molecular weight is 554 g/mol. The monoisotopic (exact) mass is 553 g/mol. The number of H-pyrrole nitrogens is 1. The van der Waals surface area contributed by atoms with E-state index in [-0.39, 0.29) is 19.1 Å². The van der Waals surface area contributed by atoms with Crippen molar-refractivity contribution in [2.75, 3.05) is 6.61 Å². The number of rotatable bonds is 10. The molecule has 0 radical (unpaired) electrons. The zero-order valence-electron chi connectivity index (χ0n) is 20.5. The van der Waals surface area contributed by atoms with E-state index in [1.165, 1.54) is 0 Å². The number of carbonyl (C=O) groups excluding carboxylic acids is 2. The quantitative estimate of drug-likeness (QED) is 0.257. The predicted octanol–water partition coefficient (Wildman–Crippen LogP) is 5.51. The Morgan fingerprint density at radius 3 is 2.64 bits per heavy atom. The molecule has 2 aromatic heterocycles. The van der Waals surface area contributed by atoms with Gasteiger partial charge >= 0.3 is 5.97 Å². The summed E-state index contributed by atoms with van der Waals surface area (Å²) in [7, 11) is 0. The minimum Gasteiger partial charge on any atom is -0.464 e. The predicted molar refractivity (Wildman–Crippen MR) is 139 cm³/mol. The van der Waals surface area contributed by atoms with Crippen molar-refractivity contribution < 1.29 is 18.7 Å². The number of nitrogens with one attached hydrogen (secondary N) is 1. The molecular weight excluding hydrogens is 526 g/mol. The van der Waals surface area contributed by atoms with Gasteiger partial charge in [0.25, 0.3) is 0 Å². The summed E-state index contributed by atoms with van der Waals surface area (Å²) in [5, 5.41) is 15.1.